The highest BCUT2D eigenvalue weighted by molar-refractivity contribution is 6.74. The van der Waals surface area contributed by atoms with Crippen LogP contribution in [-0.2, 0) is 15.8 Å². The minimum Gasteiger partial charge on any atom is -0.445 e. The zero-order valence-electron chi connectivity index (χ0n) is 20.2. The summed E-state index contributed by atoms with van der Waals surface area (Å²) in [5, 5.41) is 4.10. The molecule has 0 bridgehead atoms. The van der Waals surface area contributed by atoms with Crippen LogP contribution < -0.4 is 5.32 Å². The average molecular weight is 463 g/mol. The van der Waals surface area contributed by atoms with Crippen molar-refractivity contribution in [3.05, 3.63) is 84.1 Å². The lowest BCUT2D eigenvalue weighted by Crippen LogP contribution is -2.45. The molecule has 1 N–H and O–H groups in total. The molecule has 0 radical (unpaired) electrons. The molecule has 1 atom stereocenters. The molecule has 1 unspecified atom stereocenters. The minimum atomic E-state index is -1.97. The molecule has 1 heterocycles. The SMILES string of the molecule is CC(C)(C)[Si](C)(C)OCC(/C=C/c1cnc2ccccc2c1)NC(=O)OCc1ccccc1. The minimum absolute atomic E-state index is 0.0807. The van der Waals surface area contributed by atoms with Crippen LogP contribution >= 0.6 is 0 Å². The van der Waals surface area contributed by atoms with E-state index in [1.54, 1.807) is 0 Å². The van der Waals surface area contributed by atoms with E-state index in [1.807, 2.05) is 72.9 Å². The number of ether oxygens (including phenoxy) is 1. The van der Waals surface area contributed by atoms with Crippen LogP contribution in [0, 0.1) is 0 Å². The quantitative estimate of drug-likeness (QED) is 0.385. The van der Waals surface area contributed by atoms with Gasteiger partial charge < -0.3 is 14.5 Å². The Balaban J connectivity index is 1.70. The maximum Gasteiger partial charge on any atom is 0.408 e. The van der Waals surface area contributed by atoms with Gasteiger partial charge in [0.15, 0.2) is 8.32 Å². The number of carbonyl (C=O) groups excluding carboxylic acids is 1. The highest BCUT2D eigenvalue weighted by atomic mass is 28.4. The molecule has 0 spiro atoms. The normalized spacial score (nSPS) is 13.2. The molecule has 3 rings (SSSR count). The van der Waals surface area contributed by atoms with Gasteiger partial charge in [-0.05, 0) is 41.4 Å². The number of nitrogens with zero attached hydrogens (tertiary/aromatic N) is 1. The zero-order chi connectivity index (χ0) is 23.9. The largest absolute Gasteiger partial charge is 0.445 e. The lowest BCUT2D eigenvalue weighted by atomic mass is 10.1. The van der Waals surface area contributed by atoms with Gasteiger partial charge in [-0.25, -0.2) is 4.79 Å². The molecule has 0 aliphatic rings. The number of aromatic nitrogens is 1. The van der Waals surface area contributed by atoms with Gasteiger partial charge in [0.05, 0.1) is 18.2 Å². The van der Waals surface area contributed by atoms with Crippen LogP contribution in [0.4, 0.5) is 4.79 Å². The van der Waals surface area contributed by atoms with Crippen molar-refractivity contribution in [1.29, 1.82) is 0 Å². The predicted molar refractivity (Wildman–Crippen MR) is 137 cm³/mol. The Labute approximate surface area is 198 Å². The van der Waals surface area contributed by atoms with Crippen LogP contribution in [-0.4, -0.2) is 32.0 Å². The smallest absolute Gasteiger partial charge is 0.408 e. The first-order valence-corrected chi connectivity index (χ1v) is 14.2. The van der Waals surface area contributed by atoms with Crippen molar-refractivity contribution in [1.82, 2.24) is 10.3 Å². The third kappa shape index (κ3) is 7.27. The monoisotopic (exact) mass is 462 g/mol. The van der Waals surface area contributed by atoms with Crippen molar-refractivity contribution >= 4 is 31.4 Å². The molecular weight excluding hydrogens is 428 g/mol. The first kappa shape index (κ1) is 24.7. The van der Waals surface area contributed by atoms with Crippen molar-refractivity contribution in [3.63, 3.8) is 0 Å². The van der Waals surface area contributed by atoms with Crippen molar-refractivity contribution < 1.29 is 14.0 Å². The van der Waals surface area contributed by atoms with Crippen LogP contribution in [0.5, 0.6) is 0 Å². The summed E-state index contributed by atoms with van der Waals surface area (Å²) in [5.74, 6) is 0. The number of benzene rings is 2. The maximum absolute atomic E-state index is 12.5. The van der Waals surface area contributed by atoms with Gasteiger partial charge >= 0.3 is 6.09 Å². The standard InChI is InChI=1S/C27H34N2O3Si/c1-27(2,3)33(4,5)32-20-24(29-26(30)31-19-21-11-7-6-8-12-21)16-15-22-17-23-13-9-10-14-25(23)28-18-22/h6-18,24H,19-20H2,1-5H3,(H,29,30)/b16-15+. The molecule has 0 aliphatic carbocycles. The Morgan fingerprint density at radius 3 is 2.52 bits per heavy atom. The first-order valence-electron chi connectivity index (χ1n) is 11.3. The van der Waals surface area contributed by atoms with Gasteiger partial charge in [-0.3, -0.25) is 4.98 Å². The number of fused-ring (bicyclic) bond motifs is 1. The molecule has 0 saturated carbocycles. The van der Waals surface area contributed by atoms with Gasteiger partial charge in [0, 0.05) is 11.6 Å². The van der Waals surface area contributed by atoms with E-state index in [4.69, 9.17) is 9.16 Å². The van der Waals surface area contributed by atoms with E-state index >= 15 is 0 Å². The van der Waals surface area contributed by atoms with Crippen LogP contribution in [0.2, 0.25) is 18.1 Å². The van der Waals surface area contributed by atoms with Crippen LogP contribution in [0.1, 0.15) is 31.9 Å². The van der Waals surface area contributed by atoms with E-state index < -0.39 is 14.4 Å². The number of carbonyl (C=O) groups is 1. The summed E-state index contributed by atoms with van der Waals surface area (Å²) < 4.78 is 11.8. The highest BCUT2D eigenvalue weighted by Crippen LogP contribution is 2.36. The van der Waals surface area contributed by atoms with Gasteiger partial charge in [0.1, 0.15) is 6.61 Å². The molecular formula is C27H34N2O3Si. The molecule has 6 heteroatoms. The highest BCUT2D eigenvalue weighted by Gasteiger charge is 2.37. The molecule has 174 valence electrons. The second-order valence-corrected chi connectivity index (χ2v) is 14.5. The van der Waals surface area contributed by atoms with Crippen LogP contribution in [0.3, 0.4) is 0 Å². The third-order valence-electron chi connectivity index (χ3n) is 6.08. The topological polar surface area (TPSA) is 60.5 Å². The molecule has 0 saturated heterocycles. The number of rotatable bonds is 8. The van der Waals surface area contributed by atoms with E-state index in [2.05, 4.69) is 50.2 Å². The fraction of sp³-hybridized carbons (Fsp3) is 0.333. The van der Waals surface area contributed by atoms with Crippen LogP contribution in [0.25, 0.3) is 17.0 Å². The summed E-state index contributed by atoms with van der Waals surface area (Å²) >= 11 is 0. The molecule has 2 aromatic carbocycles. The molecule has 5 nitrogen and oxygen atoms in total. The molecule has 0 aliphatic heterocycles. The Morgan fingerprint density at radius 1 is 1.09 bits per heavy atom. The van der Waals surface area contributed by atoms with Gasteiger partial charge in [0.25, 0.3) is 0 Å². The number of pyridine rings is 1. The molecule has 3 aromatic rings. The lowest BCUT2D eigenvalue weighted by molar-refractivity contribution is 0.133. The fourth-order valence-electron chi connectivity index (χ4n) is 2.98. The Hall–Kier alpha value is -2.96. The van der Waals surface area contributed by atoms with Crippen molar-refractivity contribution in [2.24, 2.45) is 0 Å². The number of nitrogens with one attached hydrogen (secondary N) is 1. The summed E-state index contributed by atoms with van der Waals surface area (Å²) in [6, 6.07) is 19.4. The van der Waals surface area contributed by atoms with Gasteiger partial charge in [0.2, 0.25) is 0 Å². The average Bonchev–Trinajstić information content (AvgIpc) is 2.79. The summed E-state index contributed by atoms with van der Waals surface area (Å²) in [7, 11) is -1.97. The van der Waals surface area contributed by atoms with Crippen molar-refractivity contribution in [2.75, 3.05) is 6.61 Å². The predicted octanol–water partition coefficient (Wildman–Crippen LogP) is 6.56. The number of amides is 1. The van der Waals surface area contributed by atoms with E-state index in [1.165, 1.54) is 0 Å². The third-order valence-corrected chi connectivity index (χ3v) is 10.6. The second kappa shape index (κ2) is 10.8. The lowest BCUT2D eigenvalue weighted by Gasteiger charge is -2.37. The van der Waals surface area contributed by atoms with Gasteiger partial charge in [-0.2, -0.15) is 0 Å². The summed E-state index contributed by atoms with van der Waals surface area (Å²) in [6.07, 6.45) is 5.28. The van der Waals surface area contributed by atoms with E-state index in [9.17, 15) is 4.79 Å². The summed E-state index contributed by atoms with van der Waals surface area (Å²) in [4.78, 5) is 17.0. The number of alkyl carbamates (subject to hydrolysis) is 1. The van der Waals surface area contributed by atoms with Gasteiger partial charge in [-0.15, -0.1) is 0 Å². The Morgan fingerprint density at radius 2 is 1.79 bits per heavy atom. The van der Waals surface area contributed by atoms with Gasteiger partial charge in [-0.1, -0.05) is 81.5 Å². The maximum atomic E-state index is 12.5. The first-order chi connectivity index (χ1) is 15.6. The second-order valence-electron chi connectivity index (χ2n) is 9.70. The molecule has 1 aromatic heterocycles. The molecule has 1 amide bonds. The molecule has 33 heavy (non-hydrogen) atoms. The fourth-order valence-corrected chi connectivity index (χ4v) is 4.01. The Kier molecular flexibility index (Phi) is 8.05. The van der Waals surface area contributed by atoms with Crippen molar-refractivity contribution in [3.8, 4) is 0 Å². The van der Waals surface area contributed by atoms with Crippen molar-refractivity contribution in [2.45, 2.75) is 51.6 Å². The van der Waals surface area contributed by atoms with Crippen LogP contribution in [0.15, 0.2) is 72.9 Å². The number of hydrogen-bond donors (Lipinski definition) is 1. The number of para-hydroxylation sites is 1. The van der Waals surface area contributed by atoms with E-state index in [0.29, 0.717) is 6.61 Å². The summed E-state index contributed by atoms with van der Waals surface area (Å²) in [5.41, 5.74) is 2.86. The Bertz CT molecular complexity index is 1090. The van der Waals surface area contributed by atoms with E-state index in [0.717, 1.165) is 22.0 Å². The number of hydrogen-bond acceptors (Lipinski definition) is 4. The summed E-state index contributed by atoms with van der Waals surface area (Å²) in [6.45, 7) is 11.6. The van der Waals surface area contributed by atoms with E-state index in [-0.39, 0.29) is 17.7 Å². The zero-order valence-corrected chi connectivity index (χ0v) is 21.2. The molecule has 0 fully saturated rings.